The average Bonchev–Trinajstić information content (AvgIpc) is 2.51. The lowest BCUT2D eigenvalue weighted by Crippen LogP contribution is -2.53. The maximum absolute atomic E-state index is 12.4. The average molecular weight is 346 g/mol. The lowest BCUT2D eigenvalue weighted by molar-refractivity contribution is -0.121. The first-order chi connectivity index (χ1) is 10.5. The Balaban J connectivity index is 1.91. The number of aliphatic hydroxyl groups is 1. The van der Waals surface area contributed by atoms with Crippen LogP contribution >= 0.6 is 23.2 Å². The summed E-state index contributed by atoms with van der Waals surface area (Å²) >= 11 is 12.0. The monoisotopic (exact) mass is 345 g/mol. The number of β-amino-alcohol motifs (C(OH)–C–C–N with tert-alkyl or cyclic N) is 1. The molecule has 122 valence electrons. The van der Waals surface area contributed by atoms with E-state index in [2.05, 4.69) is 15.1 Å². The predicted molar refractivity (Wildman–Crippen MR) is 89.7 cm³/mol. The number of hydrogen-bond acceptors (Lipinski definition) is 4. The third-order valence-electron chi connectivity index (χ3n) is 3.94. The summed E-state index contributed by atoms with van der Waals surface area (Å²) in [5, 5.41) is 12.8. The van der Waals surface area contributed by atoms with Gasteiger partial charge in [-0.3, -0.25) is 14.6 Å². The van der Waals surface area contributed by atoms with Crippen LogP contribution in [0.5, 0.6) is 0 Å². The van der Waals surface area contributed by atoms with E-state index in [1.165, 1.54) is 0 Å². The van der Waals surface area contributed by atoms with E-state index in [-0.39, 0.29) is 18.6 Å². The summed E-state index contributed by atoms with van der Waals surface area (Å²) < 4.78 is 0. The number of rotatable bonds is 5. The molecule has 0 radical (unpaired) electrons. The number of amides is 1. The summed E-state index contributed by atoms with van der Waals surface area (Å²) in [4.78, 5) is 16.7. The van der Waals surface area contributed by atoms with Crippen LogP contribution in [0.25, 0.3) is 0 Å². The van der Waals surface area contributed by atoms with E-state index in [9.17, 15) is 4.79 Å². The van der Waals surface area contributed by atoms with E-state index < -0.39 is 0 Å². The molecule has 1 fully saturated rings. The zero-order valence-electron chi connectivity index (χ0n) is 12.6. The van der Waals surface area contributed by atoms with Crippen molar-refractivity contribution in [3.63, 3.8) is 0 Å². The normalized spacial score (nSPS) is 18.2. The number of benzene rings is 1. The quantitative estimate of drug-likeness (QED) is 0.856. The van der Waals surface area contributed by atoms with Crippen molar-refractivity contribution in [2.75, 3.05) is 44.6 Å². The number of nitrogens with zero attached hydrogens (tertiary/aromatic N) is 2. The highest BCUT2D eigenvalue weighted by Crippen LogP contribution is 2.25. The molecule has 1 aromatic rings. The van der Waals surface area contributed by atoms with Crippen molar-refractivity contribution in [2.45, 2.75) is 13.0 Å². The third-order valence-corrected chi connectivity index (χ3v) is 4.50. The van der Waals surface area contributed by atoms with Crippen LogP contribution in [0.2, 0.25) is 10.0 Å². The lowest BCUT2D eigenvalue weighted by Gasteiger charge is -2.37. The highest BCUT2D eigenvalue weighted by Gasteiger charge is 2.25. The molecule has 1 aliphatic heterocycles. The molecular weight excluding hydrogens is 325 g/mol. The minimum absolute atomic E-state index is 0.0974. The molecule has 1 saturated heterocycles. The standard InChI is InChI=1S/C15H21Cl2N3O2/c1-11(20-6-4-19(5-7-20)8-9-21)15(22)18-14-10-12(16)2-3-13(14)17/h2-3,10-11,21H,4-9H2,1H3,(H,18,22). The number of hydrogen-bond donors (Lipinski definition) is 2. The van der Waals surface area contributed by atoms with Crippen LogP contribution in [-0.2, 0) is 4.79 Å². The summed E-state index contributed by atoms with van der Waals surface area (Å²) in [7, 11) is 0. The van der Waals surface area contributed by atoms with Gasteiger partial charge in [-0.25, -0.2) is 0 Å². The highest BCUT2D eigenvalue weighted by molar-refractivity contribution is 6.35. The maximum Gasteiger partial charge on any atom is 0.241 e. The first-order valence-electron chi connectivity index (χ1n) is 7.34. The van der Waals surface area contributed by atoms with Gasteiger partial charge in [0.2, 0.25) is 5.91 Å². The van der Waals surface area contributed by atoms with Crippen LogP contribution in [0, 0.1) is 0 Å². The van der Waals surface area contributed by atoms with E-state index in [1.54, 1.807) is 18.2 Å². The molecular formula is C15H21Cl2N3O2. The summed E-state index contributed by atoms with van der Waals surface area (Å²) in [6.07, 6.45) is 0. The summed E-state index contributed by atoms with van der Waals surface area (Å²) in [6, 6.07) is 4.75. The number of carbonyl (C=O) groups is 1. The second-order valence-electron chi connectivity index (χ2n) is 5.39. The van der Waals surface area contributed by atoms with Gasteiger partial charge in [0.25, 0.3) is 0 Å². The SMILES string of the molecule is CC(C(=O)Nc1cc(Cl)ccc1Cl)N1CCN(CCO)CC1. The second kappa shape index (κ2) is 8.13. The molecule has 7 heteroatoms. The number of piperazine rings is 1. The summed E-state index contributed by atoms with van der Waals surface area (Å²) in [5.41, 5.74) is 0.532. The van der Waals surface area contributed by atoms with E-state index in [1.807, 2.05) is 6.92 Å². The molecule has 2 rings (SSSR count). The zero-order chi connectivity index (χ0) is 16.1. The molecule has 1 unspecified atom stereocenters. The molecule has 0 aromatic heterocycles. The first kappa shape index (κ1) is 17.5. The Morgan fingerprint density at radius 3 is 2.64 bits per heavy atom. The Morgan fingerprint density at radius 1 is 1.32 bits per heavy atom. The van der Waals surface area contributed by atoms with Crippen molar-refractivity contribution < 1.29 is 9.90 Å². The topological polar surface area (TPSA) is 55.8 Å². The van der Waals surface area contributed by atoms with E-state index >= 15 is 0 Å². The van der Waals surface area contributed by atoms with Gasteiger partial charge in [0.05, 0.1) is 23.4 Å². The van der Waals surface area contributed by atoms with Crippen LogP contribution in [0.15, 0.2) is 18.2 Å². The van der Waals surface area contributed by atoms with Gasteiger partial charge in [-0.1, -0.05) is 23.2 Å². The van der Waals surface area contributed by atoms with Crippen LogP contribution in [0.1, 0.15) is 6.92 Å². The van der Waals surface area contributed by atoms with Crippen molar-refractivity contribution in [1.29, 1.82) is 0 Å². The van der Waals surface area contributed by atoms with Crippen molar-refractivity contribution in [3.05, 3.63) is 28.2 Å². The Morgan fingerprint density at radius 2 is 2.00 bits per heavy atom. The van der Waals surface area contributed by atoms with Crippen molar-refractivity contribution in [1.82, 2.24) is 9.80 Å². The molecule has 22 heavy (non-hydrogen) atoms. The largest absolute Gasteiger partial charge is 0.395 e. The van der Waals surface area contributed by atoms with E-state index in [4.69, 9.17) is 28.3 Å². The van der Waals surface area contributed by atoms with Crippen LogP contribution in [0.3, 0.4) is 0 Å². The van der Waals surface area contributed by atoms with Gasteiger partial charge in [-0.15, -0.1) is 0 Å². The number of anilines is 1. The van der Waals surface area contributed by atoms with Crippen molar-refractivity contribution in [3.8, 4) is 0 Å². The molecule has 5 nitrogen and oxygen atoms in total. The fourth-order valence-corrected chi connectivity index (χ4v) is 2.85. The van der Waals surface area contributed by atoms with Gasteiger partial charge < -0.3 is 10.4 Å². The van der Waals surface area contributed by atoms with Crippen LogP contribution in [0.4, 0.5) is 5.69 Å². The second-order valence-corrected chi connectivity index (χ2v) is 6.23. The molecule has 2 N–H and O–H groups in total. The zero-order valence-corrected chi connectivity index (χ0v) is 14.1. The number of aliphatic hydroxyl groups excluding tert-OH is 1. The highest BCUT2D eigenvalue weighted by atomic mass is 35.5. The van der Waals surface area contributed by atoms with E-state index in [0.717, 1.165) is 26.2 Å². The number of halogens is 2. The number of nitrogens with one attached hydrogen (secondary N) is 1. The van der Waals surface area contributed by atoms with Gasteiger partial charge in [-0.2, -0.15) is 0 Å². The molecule has 0 bridgehead atoms. The Kier molecular flexibility index (Phi) is 6.47. The molecule has 1 aliphatic rings. The Bertz CT molecular complexity index is 520. The first-order valence-corrected chi connectivity index (χ1v) is 8.10. The van der Waals surface area contributed by atoms with Crippen molar-refractivity contribution >= 4 is 34.8 Å². The molecule has 1 aromatic carbocycles. The van der Waals surface area contributed by atoms with E-state index in [0.29, 0.717) is 22.3 Å². The Labute approximate surface area is 140 Å². The van der Waals surface area contributed by atoms with Gasteiger partial charge in [0.1, 0.15) is 0 Å². The fraction of sp³-hybridized carbons (Fsp3) is 0.533. The van der Waals surface area contributed by atoms with Crippen molar-refractivity contribution in [2.24, 2.45) is 0 Å². The van der Waals surface area contributed by atoms with Crippen LogP contribution in [-0.4, -0.2) is 66.2 Å². The maximum atomic E-state index is 12.4. The van der Waals surface area contributed by atoms with Gasteiger partial charge in [0.15, 0.2) is 0 Å². The lowest BCUT2D eigenvalue weighted by atomic mass is 10.2. The molecule has 0 saturated carbocycles. The predicted octanol–water partition coefficient (Wildman–Crippen LogP) is 1.93. The molecule has 0 aliphatic carbocycles. The smallest absolute Gasteiger partial charge is 0.241 e. The molecule has 1 amide bonds. The van der Waals surface area contributed by atoms with Crippen LogP contribution < -0.4 is 5.32 Å². The van der Waals surface area contributed by atoms with Gasteiger partial charge in [-0.05, 0) is 25.1 Å². The molecule has 1 atom stereocenters. The summed E-state index contributed by atoms with van der Waals surface area (Å²) in [5.74, 6) is -0.0974. The minimum atomic E-state index is -0.244. The summed E-state index contributed by atoms with van der Waals surface area (Å²) in [6.45, 7) is 6.06. The minimum Gasteiger partial charge on any atom is -0.395 e. The third kappa shape index (κ3) is 4.57. The van der Waals surface area contributed by atoms with Gasteiger partial charge >= 0.3 is 0 Å². The molecule has 0 spiro atoms. The Hall–Kier alpha value is -0.850. The fourth-order valence-electron chi connectivity index (χ4n) is 2.51. The van der Waals surface area contributed by atoms with Gasteiger partial charge in [0, 0.05) is 37.7 Å². The molecule has 1 heterocycles. The number of carbonyl (C=O) groups excluding carboxylic acids is 1.